The monoisotopic (exact) mass is 202 g/mol. The van der Waals surface area contributed by atoms with Gasteiger partial charge in [-0.2, -0.15) is 0 Å². The van der Waals surface area contributed by atoms with Crippen molar-refractivity contribution in [3.8, 4) is 0 Å². The Morgan fingerprint density at radius 1 is 1.46 bits per heavy atom. The third-order valence-corrected chi connectivity index (χ3v) is 4.55. The van der Waals surface area contributed by atoms with Crippen molar-refractivity contribution >= 4 is 8.07 Å². The topological polar surface area (TPSA) is 29.5 Å². The Bertz CT molecular complexity index is 161. The molecule has 1 unspecified atom stereocenters. The highest BCUT2D eigenvalue weighted by atomic mass is 28.3. The SMILES string of the molecule is C=C(C(CCCC)OO)[Si](C)(C)C. The second-order valence-corrected chi connectivity index (χ2v) is 9.65. The molecule has 2 nitrogen and oxygen atoms in total. The molecule has 0 aromatic carbocycles. The van der Waals surface area contributed by atoms with Crippen LogP contribution in [-0.2, 0) is 4.89 Å². The maximum Gasteiger partial charge on any atom is 0.110 e. The average molecular weight is 202 g/mol. The highest BCUT2D eigenvalue weighted by Crippen LogP contribution is 2.21. The largest absolute Gasteiger partial charge is 0.251 e. The minimum Gasteiger partial charge on any atom is -0.251 e. The van der Waals surface area contributed by atoms with Crippen molar-refractivity contribution in [2.24, 2.45) is 0 Å². The van der Waals surface area contributed by atoms with Crippen LogP contribution in [0.1, 0.15) is 26.2 Å². The molecule has 0 fully saturated rings. The molecular weight excluding hydrogens is 180 g/mol. The van der Waals surface area contributed by atoms with E-state index < -0.39 is 8.07 Å². The Morgan fingerprint density at radius 2 is 2.00 bits per heavy atom. The van der Waals surface area contributed by atoms with Crippen molar-refractivity contribution < 1.29 is 10.1 Å². The molecule has 0 saturated heterocycles. The molecule has 0 spiro atoms. The first-order chi connectivity index (χ1) is 5.93. The lowest BCUT2D eigenvalue weighted by atomic mass is 10.1. The molecule has 0 radical (unpaired) electrons. The van der Waals surface area contributed by atoms with Gasteiger partial charge in [-0.1, -0.05) is 44.6 Å². The fourth-order valence-corrected chi connectivity index (χ4v) is 2.33. The Morgan fingerprint density at radius 3 is 2.31 bits per heavy atom. The van der Waals surface area contributed by atoms with Gasteiger partial charge >= 0.3 is 0 Å². The molecule has 0 aliphatic heterocycles. The van der Waals surface area contributed by atoms with Gasteiger partial charge in [-0.25, -0.2) is 4.89 Å². The van der Waals surface area contributed by atoms with Crippen LogP contribution < -0.4 is 0 Å². The predicted octanol–water partition coefficient (Wildman–Crippen LogP) is 3.47. The second-order valence-electron chi connectivity index (χ2n) is 4.51. The van der Waals surface area contributed by atoms with E-state index in [0.29, 0.717) is 0 Å². The Hall–Kier alpha value is -0.123. The summed E-state index contributed by atoms with van der Waals surface area (Å²) in [5.41, 5.74) is 0. The second kappa shape index (κ2) is 5.57. The van der Waals surface area contributed by atoms with Gasteiger partial charge in [0.15, 0.2) is 0 Å². The molecule has 0 aromatic rings. The van der Waals surface area contributed by atoms with Crippen molar-refractivity contribution in [1.82, 2.24) is 0 Å². The Balaban J connectivity index is 4.16. The number of hydrogen-bond acceptors (Lipinski definition) is 2. The molecule has 78 valence electrons. The first-order valence-corrected chi connectivity index (χ1v) is 8.43. The average Bonchev–Trinajstić information content (AvgIpc) is 2.04. The highest BCUT2D eigenvalue weighted by Gasteiger charge is 2.25. The van der Waals surface area contributed by atoms with E-state index in [1.807, 2.05) is 0 Å². The van der Waals surface area contributed by atoms with Crippen molar-refractivity contribution in [3.63, 3.8) is 0 Å². The van der Waals surface area contributed by atoms with Crippen LogP contribution in [0.4, 0.5) is 0 Å². The van der Waals surface area contributed by atoms with Gasteiger partial charge in [0, 0.05) is 0 Å². The van der Waals surface area contributed by atoms with Gasteiger partial charge < -0.3 is 0 Å². The number of unbranched alkanes of at least 4 members (excludes halogenated alkanes) is 1. The highest BCUT2D eigenvalue weighted by molar-refractivity contribution is 6.83. The zero-order valence-corrected chi connectivity index (χ0v) is 10.3. The van der Waals surface area contributed by atoms with Crippen LogP contribution >= 0.6 is 0 Å². The predicted molar refractivity (Wildman–Crippen MR) is 59.5 cm³/mol. The van der Waals surface area contributed by atoms with Crippen molar-refractivity contribution in [2.45, 2.75) is 51.9 Å². The molecule has 0 amide bonds. The fourth-order valence-electron chi connectivity index (χ4n) is 1.16. The van der Waals surface area contributed by atoms with Gasteiger partial charge in [0.05, 0.1) is 8.07 Å². The standard InChI is InChI=1S/C10H22O2Si/c1-6-7-8-10(12-11)9(2)13(3,4)5/h10-11H,2,6-8H2,1,3-5H3. The summed E-state index contributed by atoms with van der Waals surface area (Å²) < 4.78 is 0. The summed E-state index contributed by atoms with van der Waals surface area (Å²) in [6.45, 7) is 12.8. The van der Waals surface area contributed by atoms with E-state index in [0.717, 1.165) is 24.5 Å². The van der Waals surface area contributed by atoms with E-state index >= 15 is 0 Å². The summed E-state index contributed by atoms with van der Waals surface area (Å²) in [7, 11) is -1.37. The minimum absolute atomic E-state index is 0.147. The van der Waals surface area contributed by atoms with E-state index in [1.165, 1.54) is 0 Å². The van der Waals surface area contributed by atoms with Crippen molar-refractivity contribution in [2.75, 3.05) is 0 Å². The molecule has 0 saturated carbocycles. The lowest BCUT2D eigenvalue weighted by Gasteiger charge is -2.25. The summed E-state index contributed by atoms with van der Waals surface area (Å²) >= 11 is 0. The molecule has 13 heavy (non-hydrogen) atoms. The summed E-state index contributed by atoms with van der Waals surface area (Å²) in [6.07, 6.45) is 2.94. The van der Waals surface area contributed by atoms with E-state index in [9.17, 15) is 0 Å². The molecule has 0 aliphatic carbocycles. The van der Waals surface area contributed by atoms with Crippen molar-refractivity contribution in [1.29, 1.82) is 0 Å². The van der Waals surface area contributed by atoms with Crippen LogP contribution in [-0.4, -0.2) is 19.4 Å². The Kier molecular flexibility index (Phi) is 5.52. The Labute approximate surface area is 82.6 Å². The molecule has 0 rings (SSSR count). The first-order valence-electron chi connectivity index (χ1n) is 4.93. The van der Waals surface area contributed by atoms with Gasteiger partial charge in [0.1, 0.15) is 6.10 Å². The maximum atomic E-state index is 8.75. The summed E-state index contributed by atoms with van der Waals surface area (Å²) in [6, 6.07) is 0. The molecular formula is C10H22O2Si. The number of hydrogen-bond donors (Lipinski definition) is 1. The van der Waals surface area contributed by atoms with E-state index in [4.69, 9.17) is 5.26 Å². The zero-order chi connectivity index (χ0) is 10.5. The van der Waals surface area contributed by atoms with Gasteiger partial charge in [0.25, 0.3) is 0 Å². The lowest BCUT2D eigenvalue weighted by molar-refractivity contribution is -0.268. The molecule has 0 bridgehead atoms. The molecule has 0 heterocycles. The first kappa shape index (κ1) is 12.9. The molecule has 1 N–H and O–H groups in total. The van der Waals surface area contributed by atoms with Gasteiger partial charge in [-0.05, 0) is 6.42 Å². The van der Waals surface area contributed by atoms with Gasteiger partial charge in [-0.3, -0.25) is 5.26 Å². The summed E-state index contributed by atoms with van der Waals surface area (Å²) in [5, 5.41) is 9.85. The summed E-state index contributed by atoms with van der Waals surface area (Å²) in [5.74, 6) is 0. The van der Waals surface area contributed by atoms with Crippen LogP contribution in [0.3, 0.4) is 0 Å². The van der Waals surface area contributed by atoms with Crippen LogP contribution in [0.5, 0.6) is 0 Å². The van der Waals surface area contributed by atoms with Crippen molar-refractivity contribution in [3.05, 3.63) is 11.8 Å². The molecule has 0 aliphatic rings. The van der Waals surface area contributed by atoms with E-state index in [-0.39, 0.29) is 6.10 Å². The minimum atomic E-state index is -1.37. The molecule has 3 heteroatoms. The van der Waals surface area contributed by atoms with E-state index in [1.54, 1.807) is 0 Å². The van der Waals surface area contributed by atoms with Crippen LogP contribution in [0.2, 0.25) is 19.6 Å². The molecule has 0 aromatic heterocycles. The third kappa shape index (κ3) is 4.60. The third-order valence-electron chi connectivity index (χ3n) is 2.30. The fraction of sp³-hybridized carbons (Fsp3) is 0.800. The van der Waals surface area contributed by atoms with Crippen LogP contribution in [0.15, 0.2) is 11.8 Å². The zero-order valence-electron chi connectivity index (χ0n) is 9.26. The maximum absolute atomic E-state index is 8.75. The van der Waals surface area contributed by atoms with Gasteiger partial charge in [0.2, 0.25) is 0 Å². The lowest BCUT2D eigenvalue weighted by Crippen LogP contribution is -2.32. The smallest absolute Gasteiger partial charge is 0.110 e. The van der Waals surface area contributed by atoms with Gasteiger partial charge in [-0.15, -0.1) is 6.58 Å². The molecule has 1 atom stereocenters. The number of rotatable bonds is 6. The van der Waals surface area contributed by atoms with Crippen LogP contribution in [0.25, 0.3) is 0 Å². The van der Waals surface area contributed by atoms with E-state index in [2.05, 4.69) is 38.0 Å². The summed E-state index contributed by atoms with van der Waals surface area (Å²) in [4.78, 5) is 4.48. The normalized spacial score (nSPS) is 14.2. The quantitative estimate of drug-likeness (QED) is 0.406. The van der Waals surface area contributed by atoms with Crippen LogP contribution in [0, 0.1) is 0 Å².